The second-order valence-corrected chi connectivity index (χ2v) is 5.12. The van der Waals surface area contributed by atoms with Crippen LogP contribution in [0.2, 0.25) is 0 Å². The summed E-state index contributed by atoms with van der Waals surface area (Å²) in [5.74, 6) is -0.763. The van der Waals surface area contributed by atoms with Gasteiger partial charge >= 0.3 is 6.03 Å². The van der Waals surface area contributed by atoms with Crippen molar-refractivity contribution < 1.29 is 14.4 Å². The van der Waals surface area contributed by atoms with Gasteiger partial charge in [-0.3, -0.25) is 14.9 Å². The molecule has 21 heavy (non-hydrogen) atoms. The van der Waals surface area contributed by atoms with Crippen LogP contribution in [0.4, 0.5) is 16.2 Å². The molecule has 4 amide bonds. The zero-order valence-electron chi connectivity index (χ0n) is 11.4. The van der Waals surface area contributed by atoms with Gasteiger partial charge in [0, 0.05) is 13.0 Å². The lowest BCUT2D eigenvalue weighted by Crippen LogP contribution is -2.53. The average molecular weight is 288 g/mol. The second kappa shape index (κ2) is 5.43. The van der Waals surface area contributed by atoms with Gasteiger partial charge < -0.3 is 16.0 Å². The fourth-order valence-electron chi connectivity index (χ4n) is 2.59. The summed E-state index contributed by atoms with van der Waals surface area (Å²) in [4.78, 5) is 34.6. The van der Waals surface area contributed by atoms with Gasteiger partial charge in [0.25, 0.3) is 0 Å². The third-order valence-electron chi connectivity index (χ3n) is 3.64. The van der Waals surface area contributed by atoms with E-state index in [1.807, 2.05) is 12.1 Å². The Labute approximate surface area is 121 Å². The lowest BCUT2D eigenvalue weighted by atomic mass is 10.1. The molecular formula is C14H16N4O3. The van der Waals surface area contributed by atoms with Gasteiger partial charge in [-0.2, -0.15) is 0 Å². The number of carbonyl (C=O) groups excluding carboxylic acids is 3. The first-order valence-electron chi connectivity index (χ1n) is 6.90. The number of amides is 4. The molecule has 0 aliphatic carbocycles. The number of carbonyl (C=O) groups is 3. The molecule has 0 unspecified atom stereocenters. The Balaban J connectivity index is 1.64. The third-order valence-corrected chi connectivity index (χ3v) is 3.64. The maximum absolute atomic E-state index is 12.0. The number of anilines is 2. The van der Waals surface area contributed by atoms with E-state index in [4.69, 9.17) is 0 Å². The first kappa shape index (κ1) is 13.4. The second-order valence-electron chi connectivity index (χ2n) is 5.12. The highest BCUT2D eigenvalue weighted by Crippen LogP contribution is 2.30. The summed E-state index contributed by atoms with van der Waals surface area (Å²) in [6.45, 7) is 0.850. The molecule has 2 aliphatic rings. The number of hydrogen-bond acceptors (Lipinski definition) is 4. The van der Waals surface area contributed by atoms with Crippen LogP contribution in [0.25, 0.3) is 0 Å². The molecule has 2 aliphatic heterocycles. The maximum Gasteiger partial charge on any atom is 0.319 e. The normalized spacial score (nSPS) is 20.3. The van der Waals surface area contributed by atoms with Gasteiger partial charge in [-0.25, -0.2) is 4.79 Å². The summed E-state index contributed by atoms with van der Waals surface area (Å²) >= 11 is 0. The number of piperidine rings is 1. The number of urea groups is 1. The largest absolute Gasteiger partial charge is 0.383 e. The van der Waals surface area contributed by atoms with Crippen molar-refractivity contribution in [2.24, 2.45) is 0 Å². The molecule has 7 nitrogen and oxygen atoms in total. The predicted molar refractivity (Wildman–Crippen MR) is 77.0 cm³/mol. The molecule has 0 radical (unpaired) electrons. The van der Waals surface area contributed by atoms with E-state index >= 15 is 0 Å². The van der Waals surface area contributed by atoms with Crippen molar-refractivity contribution in [2.45, 2.75) is 25.3 Å². The van der Waals surface area contributed by atoms with E-state index in [-0.39, 0.29) is 12.3 Å². The van der Waals surface area contributed by atoms with Gasteiger partial charge in [0.15, 0.2) is 0 Å². The lowest BCUT2D eigenvalue weighted by molar-refractivity contribution is -0.134. The Bertz CT molecular complexity index is 614. The highest BCUT2D eigenvalue weighted by atomic mass is 16.2. The van der Waals surface area contributed by atoms with Crippen LogP contribution in [-0.4, -0.2) is 30.4 Å². The zero-order chi connectivity index (χ0) is 14.8. The first-order valence-corrected chi connectivity index (χ1v) is 6.90. The van der Waals surface area contributed by atoms with Crippen LogP contribution < -0.4 is 21.3 Å². The predicted octanol–water partition coefficient (Wildman–Crippen LogP) is 0.581. The van der Waals surface area contributed by atoms with Crippen LogP contribution in [0, 0.1) is 0 Å². The van der Waals surface area contributed by atoms with E-state index in [2.05, 4.69) is 21.3 Å². The number of rotatable bonds is 2. The smallest absolute Gasteiger partial charge is 0.319 e. The zero-order valence-corrected chi connectivity index (χ0v) is 11.4. The minimum Gasteiger partial charge on any atom is -0.383 e. The summed E-state index contributed by atoms with van der Waals surface area (Å²) in [6, 6.07) is 4.58. The van der Waals surface area contributed by atoms with Crippen molar-refractivity contribution in [1.82, 2.24) is 10.6 Å². The van der Waals surface area contributed by atoms with Crippen LogP contribution >= 0.6 is 0 Å². The van der Waals surface area contributed by atoms with Crippen LogP contribution in [0.5, 0.6) is 0 Å². The lowest BCUT2D eigenvalue weighted by Gasteiger charge is -2.22. The third kappa shape index (κ3) is 2.81. The maximum atomic E-state index is 12.0. The molecule has 1 fully saturated rings. The molecular weight excluding hydrogens is 272 g/mol. The highest BCUT2D eigenvalue weighted by molar-refractivity contribution is 6.03. The Kier molecular flexibility index (Phi) is 3.47. The molecule has 3 rings (SSSR count). The molecule has 0 aromatic heterocycles. The molecule has 1 aromatic rings. The van der Waals surface area contributed by atoms with E-state index < -0.39 is 18.0 Å². The van der Waals surface area contributed by atoms with E-state index in [0.717, 1.165) is 24.2 Å². The monoisotopic (exact) mass is 288 g/mol. The summed E-state index contributed by atoms with van der Waals surface area (Å²) in [5, 5.41) is 10.8. The molecule has 1 saturated heterocycles. The molecule has 2 heterocycles. The Morgan fingerprint density at radius 3 is 2.90 bits per heavy atom. The van der Waals surface area contributed by atoms with E-state index in [0.29, 0.717) is 12.1 Å². The van der Waals surface area contributed by atoms with Crippen LogP contribution in [-0.2, 0) is 16.0 Å². The summed E-state index contributed by atoms with van der Waals surface area (Å²) < 4.78 is 0. The molecule has 0 spiro atoms. The Morgan fingerprint density at radius 2 is 2.10 bits per heavy atom. The van der Waals surface area contributed by atoms with E-state index in [1.165, 1.54) is 0 Å². The fourth-order valence-corrected chi connectivity index (χ4v) is 2.59. The summed E-state index contributed by atoms with van der Waals surface area (Å²) in [7, 11) is 0. The minimum atomic E-state index is -0.674. The number of fused-ring (bicyclic) bond motifs is 1. The number of imide groups is 1. The Hall–Kier alpha value is -2.57. The van der Waals surface area contributed by atoms with Crippen molar-refractivity contribution in [3.8, 4) is 0 Å². The van der Waals surface area contributed by atoms with Gasteiger partial charge in [-0.05, 0) is 24.5 Å². The number of benzene rings is 1. The molecule has 4 N–H and O–H groups in total. The average Bonchev–Trinajstić information content (AvgIpc) is 2.91. The van der Waals surface area contributed by atoms with Gasteiger partial charge in [0.05, 0.1) is 11.4 Å². The molecule has 7 heteroatoms. The standard InChI is InChI=1S/C14H16N4O3/c19-11-5-4-10(13(20)18-11)17-14(21)16-9-3-1-2-8-6-7-15-12(8)9/h1-3,10,15H,4-7H2,(H2,16,17,21)(H,18,19,20)/t10-/m0/s1. The minimum absolute atomic E-state index is 0.235. The van der Waals surface area contributed by atoms with Crippen molar-refractivity contribution >= 4 is 29.2 Å². The summed E-state index contributed by atoms with van der Waals surface area (Å²) in [6.07, 6.45) is 1.49. The van der Waals surface area contributed by atoms with Gasteiger partial charge in [-0.1, -0.05) is 12.1 Å². The molecule has 1 aromatic carbocycles. The molecule has 0 saturated carbocycles. The van der Waals surface area contributed by atoms with Crippen molar-refractivity contribution in [2.75, 3.05) is 17.2 Å². The fraction of sp³-hybridized carbons (Fsp3) is 0.357. The van der Waals surface area contributed by atoms with Crippen LogP contribution in [0.1, 0.15) is 18.4 Å². The van der Waals surface area contributed by atoms with E-state index in [1.54, 1.807) is 6.07 Å². The first-order chi connectivity index (χ1) is 10.1. The van der Waals surface area contributed by atoms with Gasteiger partial charge in [-0.15, -0.1) is 0 Å². The highest BCUT2D eigenvalue weighted by Gasteiger charge is 2.28. The molecule has 110 valence electrons. The molecule has 1 atom stereocenters. The quantitative estimate of drug-likeness (QED) is 0.598. The topological polar surface area (TPSA) is 99.3 Å². The van der Waals surface area contributed by atoms with Crippen molar-refractivity contribution in [3.05, 3.63) is 23.8 Å². The number of hydrogen-bond donors (Lipinski definition) is 4. The van der Waals surface area contributed by atoms with Crippen molar-refractivity contribution in [3.63, 3.8) is 0 Å². The van der Waals surface area contributed by atoms with E-state index in [9.17, 15) is 14.4 Å². The van der Waals surface area contributed by atoms with Crippen LogP contribution in [0.15, 0.2) is 18.2 Å². The Morgan fingerprint density at radius 1 is 1.24 bits per heavy atom. The summed E-state index contributed by atoms with van der Waals surface area (Å²) in [5.41, 5.74) is 2.78. The number of nitrogens with one attached hydrogen (secondary N) is 4. The van der Waals surface area contributed by atoms with Gasteiger partial charge in [0.2, 0.25) is 11.8 Å². The number of para-hydroxylation sites is 1. The SMILES string of the molecule is O=C1CC[C@H](NC(=O)Nc2cccc3c2NCC3)C(=O)N1. The van der Waals surface area contributed by atoms with Crippen LogP contribution in [0.3, 0.4) is 0 Å². The molecule has 0 bridgehead atoms. The van der Waals surface area contributed by atoms with Gasteiger partial charge in [0.1, 0.15) is 6.04 Å². The van der Waals surface area contributed by atoms with Crippen molar-refractivity contribution in [1.29, 1.82) is 0 Å².